The van der Waals surface area contributed by atoms with Gasteiger partial charge in [-0.15, -0.1) is 11.8 Å². The summed E-state index contributed by atoms with van der Waals surface area (Å²) in [6, 6.07) is 12.3. The van der Waals surface area contributed by atoms with Crippen LogP contribution >= 0.6 is 46.6 Å². The summed E-state index contributed by atoms with van der Waals surface area (Å²) in [5, 5.41) is 4.53. The summed E-state index contributed by atoms with van der Waals surface area (Å²) in [5.74, 6) is 0.732. The van der Waals surface area contributed by atoms with E-state index in [0.717, 1.165) is 24.0 Å². The van der Waals surface area contributed by atoms with Crippen LogP contribution in [0.15, 0.2) is 42.5 Å². The van der Waals surface area contributed by atoms with Crippen LogP contribution in [-0.4, -0.2) is 35.1 Å². The first-order valence-electron chi connectivity index (χ1n) is 10.7. The lowest BCUT2D eigenvalue weighted by Crippen LogP contribution is -2.49. The molecule has 0 aliphatic rings. The van der Waals surface area contributed by atoms with Crippen molar-refractivity contribution in [1.29, 1.82) is 0 Å². The van der Waals surface area contributed by atoms with E-state index in [1.807, 2.05) is 37.3 Å². The van der Waals surface area contributed by atoms with Crippen LogP contribution in [0, 0.1) is 0 Å². The summed E-state index contributed by atoms with van der Waals surface area (Å²) in [6.07, 6.45) is 2.41. The summed E-state index contributed by atoms with van der Waals surface area (Å²) in [4.78, 5) is 27.7. The van der Waals surface area contributed by atoms with Crippen molar-refractivity contribution >= 4 is 58.4 Å². The Morgan fingerprint density at radius 1 is 1.00 bits per heavy atom. The van der Waals surface area contributed by atoms with Crippen molar-refractivity contribution in [3.63, 3.8) is 0 Å². The van der Waals surface area contributed by atoms with E-state index in [1.54, 1.807) is 17.0 Å². The third kappa shape index (κ3) is 8.51. The van der Waals surface area contributed by atoms with E-state index in [2.05, 4.69) is 12.2 Å². The van der Waals surface area contributed by atoms with E-state index in [1.165, 1.54) is 11.8 Å². The van der Waals surface area contributed by atoms with Gasteiger partial charge in [0.15, 0.2) is 0 Å². The second kappa shape index (κ2) is 14.0. The molecule has 2 aromatic carbocycles. The van der Waals surface area contributed by atoms with Crippen LogP contribution in [0.4, 0.5) is 0 Å². The van der Waals surface area contributed by atoms with E-state index in [-0.39, 0.29) is 24.1 Å². The SMILES string of the molecule is CCCCNC(=O)[C@H](CC)N(Cc1ccc(Cl)c(Cl)c1)C(=O)CSCc1ccc(Cl)cc1. The van der Waals surface area contributed by atoms with Crippen molar-refractivity contribution in [1.82, 2.24) is 10.2 Å². The van der Waals surface area contributed by atoms with Gasteiger partial charge in [0.1, 0.15) is 6.04 Å². The third-order valence-electron chi connectivity index (χ3n) is 4.96. The Hall–Kier alpha value is -1.40. The number of hydrogen-bond acceptors (Lipinski definition) is 3. The molecule has 174 valence electrons. The zero-order chi connectivity index (χ0) is 23.5. The number of rotatable bonds is 12. The number of halogens is 3. The van der Waals surface area contributed by atoms with E-state index >= 15 is 0 Å². The number of benzene rings is 2. The predicted octanol–water partition coefficient (Wildman–Crippen LogP) is 6.60. The minimum Gasteiger partial charge on any atom is -0.354 e. The molecule has 1 N–H and O–H groups in total. The number of hydrogen-bond donors (Lipinski definition) is 1. The van der Waals surface area contributed by atoms with Crippen LogP contribution in [0.1, 0.15) is 44.2 Å². The number of nitrogens with one attached hydrogen (secondary N) is 1. The quantitative estimate of drug-likeness (QED) is 0.324. The van der Waals surface area contributed by atoms with Crippen molar-refractivity contribution in [3.05, 3.63) is 68.7 Å². The van der Waals surface area contributed by atoms with Crippen molar-refractivity contribution < 1.29 is 9.59 Å². The van der Waals surface area contributed by atoms with Crippen molar-refractivity contribution in [3.8, 4) is 0 Å². The van der Waals surface area contributed by atoms with Crippen LogP contribution in [0.5, 0.6) is 0 Å². The van der Waals surface area contributed by atoms with Gasteiger partial charge in [0.25, 0.3) is 0 Å². The lowest BCUT2D eigenvalue weighted by atomic mass is 10.1. The molecule has 8 heteroatoms. The fourth-order valence-electron chi connectivity index (χ4n) is 3.18. The Bertz CT molecular complexity index is 893. The molecule has 0 aliphatic carbocycles. The summed E-state index contributed by atoms with van der Waals surface area (Å²) >= 11 is 19.7. The summed E-state index contributed by atoms with van der Waals surface area (Å²) in [7, 11) is 0. The highest BCUT2D eigenvalue weighted by atomic mass is 35.5. The Morgan fingerprint density at radius 2 is 1.69 bits per heavy atom. The smallest absolute Gasteiger partial charge is 0.242 e. The number of thioether (sulfide) groups is 1. The molecule has 0 fully saturated rings. The minimum atomic E-state index is -0.551. The van der Waals surface area contributed by atoms with Crippen molar-refractivity contribution in [2.45, 2.75) is 51.4 Å². The highest BCUT2D eigenvalue weighted by Gasteiger charge is 2.28. The van der Waals surface area contributed by atoms with Crippen LogP contribution in [-0.2, 0) is 21.9 Å². The summed E-state index contributed by atoms with van der Waals surface area (Å²) in [6.45, 7) is 4.88. The second-order valence-corrected chi connectivity index (χ2v) is 9.69. The maximum absolute atomic E-state index is 13.2. The van der Waals surface area contributed by atoms with Gasteiger partial charge in [0.05, 0.1) is 15.8 Å². The molecular weight excluding hydrogens is 487 g/mol. The number of nitrogens with zero attached hydrogens (tertiary/aromatic N) is 1. The lowest BCUT2D eigenvalue weighted by molar-refractivity contribution is -0.139. The monoisotopic (exact) mass is 514 g/mol. The average molecular weight is 516 g/mol. The predicted molar refractivity (Wildman–Crippen MR) is 137 cm³/mol. The van der Waals surface area contributed by atoms with Crippen LogP contribution in [0.2, 0.25) is 15.1 Å². The fourth-order valence-corrected chi connectivity index (χ4v) is 4.50. The maximum Gasteiger partial charge on any atom is 0.242 e. The van der Waals surface area contributed by atoms with Crippen LogP contribution in [0.3, 0.4) is 0 Å². The Balaban J connectivity index is 2.12. The van der Waals surface area contributed by atoms with Crippen molar-refractivity contribution in [2.24, 2.45) is 0 Å². The first kappa shape index (κ1) is 26.8. The molecule has 0 heterocycles. The number of carbonyl (C=O) groups excluding carboxylic acids is 2. The Morgan fingerprint density at radius 3 is 2.31 bits per heavy atom. The molecule has 2 amide bonds. The molecule has 0 bridgehead atoms. The first-order valence-corrected chi connectivity index (χ1v) is 13.0. The highest BCUT2D eigenvalue weighted by molar-refractivity contribution is 7.99. The van der Waals surface area contributed by atoms with E-state index in [4.69, 9.17) is 34.8 Å². The molecule has 32 heavy (non-hydrogen) atoms. The molecule has 4 nitrogen and oxygen atoms in total. The second-order valence-electron chi connectivity index (χ2n) is 7.46. The van der Waals surface area contributed by atoms with Gasteiger partial charge < -0.3 is 10.2 Å². The van der Waals surface area contributed by atoms with Crippen LogP contribution in [0.25, 0.3) is 0 Å². The van der Waals surface area contributed by atoms with Gasteiger partial charge in [-0.25, -0.2) is 0 Å². The van der Waals surface area contributed by atoms with Gasteiger partial charge in [-0.05, 0) is 48.2 Å². The molecule has 0 radical (unpaired) electrons. The van der Waals surface area contributed by atoms with E-state index < -0.39 is 6.04 Å². The molecule has 0 unspecified atom stereocenters. The average Bonchev–Trinajstić information content (AvgIpc) is 2.77. The third-order valence-corrected chi connectivity index (χ3v) is 6.94. The fraction of sp³-hybridized carbons (Fsp3) is 0.417. The molecular formula is C24H29Cl3N2O2S. The Kier molecular flexibility index (Phi) is 11.7. The molecule has 0 saturated carbocycles. The maximum atomic E-state index is 13.2. The van der Waals surface area contributed by atoms with Gasteiger partial charge in [-0.3, -0.25) is 9.59 Å². The molecule has 0 aromatic heterocycles. The topological polar surface area (TPSA) is 49.4 Å². The zero-order valence-corrected chi connectivity index (χ0v) is 21.5. The normalized spacial score (nSPS) is 11.8. The molecule has 0 spiro atoms. The minimum absolute atomic E-state index is 0.0903. The van der Waals surface area contributed by atoms with Gasteiger partial charge >= 0.3 is 0 Å². The van der Waals surface area contributed by atoms with E-state index in [0.29, 0.717) is 33.8 Å². The molecule has 1 atom stereocenters. The number of amides is 2. The number of unbranched alkanes of at least 4 members (excludes halogenated alkanes) is 1. The molecule has 2 aromatic rings. The molecule has 2 rings (SSSR count). The van der Waals surface area contributed by atoms with Crippen LogP contribution < -0.4 is 5.32 Å². The van der Waals surface area contributed by atoms with E-state index in [9.17, 15) is 9.59 Å². The van der Waals surface area contributed by atoms with Gasteiger partial charge in [0, 0.05) is 23.9 Å². The first-order chi connectivity index (χ1) is 15.3. The molecule has 0 aliphatic heterocycles. The van der Waals surface area contributed by atoms with Crippen molar-refractivity contribution in [2.75, 3.05) is 12.3 Å². The van der Waals surface area contributed by atoms with Gasteiger partial charge in [-0.2, -0.15) is 0 Å². The largest absolute Gasteiger partial charge is 0.354 e. The van der Waals surface area contributed by atoms with Gasteiger partial charge in [-0.1, -0.05) is 73.3 Å². The zero-order valence-electron chi connectivity index (χ0n) is 18.4. The Labute approximate surface area is 210 Å². The van der Waals surface area contributed by atoms with Gasteiger partial charge in [0.2, 0.25) is 11.8 Å². The lowest BCUT2D eigenvalue weighted by Gasteiger charge is -2.30. The summed E-state index contributed by atoms with van der Waals surface area (Å²) < 4.78 is 0. The highest BCUT2D eigenvalue weighted by Crippen LogP contribution is 2.24. The molecule has 0 saturated heterocycles. The summed E-state index contributed by atoms with van der Waals surface area (Å²) in [5.41, 5.74) is 1.92. The number of carbonyl (C=O) groups is 2. The standard InChI is InChI=1S/C24H29Cl3N2O2S/c1-3-5-12-28-24(31)22(4-2)29(14-18-8-11-20(26)21(27)13-18)23(30)16-32-15-17-6-9-19(25)10-7-17/h6-11,13,22H,3-5,12,14-16H2,1-2H3,(H,28,31)/t22-/m0/s1.